The number of amides is 2. The number of hydrogen-bond donors (Lipinski definition) is 2. The highest BCUT2D eigenvalue weighted by Crippen LogP contribution is 2.26. The van der Waals surface area contributed by atoms with Crippen molar-refractivity contribution in [3.05, 3.63) is 89.5 Å². The van der Waals surface area contributed by atoms with Crippen LogP contribution >= 0.6 is 0 Å². The van der Waals surface area contributed by atoms with Gasteiger partial charge in [-0.2, -0.15) is 4.31 Å². The van der Waals surface area contributed by atoms with Crippen LogP contribution in [0.2, 0.25) is 0 Å². The number of methoxy groups -OCH3 is 2. The number of nitrogens with zero attached hydrogens (tertiary/aromatic N) is 2. The van der Waals surface area contributed by atoms with Crippen LogP contribution in [0.4, 0.5) is 0 Å². The molecule has 48 heavy (non-hydrogen) atoms. The topological polar surface area (TPSA) is 125 Å². The molecule has 1 saturated carbocycles. The first-order valence-corrected chi connectivity index (χ1v) is 18.0. The predicted molar refractivity (Wildman–Crippen MR) is 186 cm³/mol. The normalized spacial score (nSPS) is 15.2. The Morgan fingerprint density at radius 2 is 1.50 bits per heavy atom. The summed E-state index contributed by atoms with van der Waals surface area (Å²) in [4.78, 5) is 29.2. The van der Waals surface area contributed by atoms with E-state index in [0.717, 1.165) is 31.2 Å². The van der Waals surface area contributed by atoms with E-state index in [4.69, 9.17) is 9.47 Å². The van der Waals surface area contributed by atoms with Crippen molar-refractivity contribution in [2.75, 3.05) is 34.4 Å². The van der Waals surface area contributed by atoms with Gasteiger partial charge in [-0.1, -0.05) is 63.4 Å². The molecule has 0 aromatic heterocycles. The highest BCUT2D eigenvalue weighted by atomic mass is 32.2. The molecule has 10 nitrogen and oxygen atoms in total. The van der Waals surface area contributed by atoms with Crippen LogP contribution in [0.3, 0.4) is 0 Å². The maximum atomic E-state index is 13.9. The van der Waals surface area contributed by atoms with Crippen molar-refractivity contribution in [1.82, 2.24) is 14.5 Å². The molecule has 260 valence electrons. The van der Waals surface area contributed by atoms with Crippen molar-refractivity contribution < 1.29 is 32.6 Å². The first kappa shape index (κ1) is 36.9. The number of benzene rings is 3. The van der Waals surface area contributed by atoms with Gasteiger partial charge in [0.05, 0.1) is 31.3 Å². The third-order valence-electron chi connectivity index (χ3n) is 8.83. The van der Waals surface area contributed by atoms with Crippen LogP contribution in [0.5, 0.6) is 11.5 Å². The molecule has 2 N–H and O–H groups in total. The van der Waals surface area contributed by atoms with E-state index in [2.05, 4.69) is 5.32 Å². The van der Waals surface area contributed by atoms with Gasteiger partial charge in [-0.25, -0.2) is 8.42 Å². The molecule has 0 radical (unpaired) electrons. The van der Waals surface area contributed by atoms with Gasteiger partial charge >= 0.3 is 0 Å². The van der Waals surface area contributed by atoms with Gasteiger partial charge in [-0.3, -0.25) is 9.59 Å². The van der Waals surface area contributed by atoms with E-state index in [0.29, 0.717) is 17.1 Å². The van der Waals surface area contributed by atoms with Crippen molar-refractivity contribution in [2.45, 2.75) is 75.5 Å². The third kappa shape index (κ3) is 9.58. The van der Waals surface area contributed by atoms with Gasteiger partial charge in [0.1, 0.15) is 11.5 Å². The summed E-state index contributed by atoms with van der Waals surface area (Å²) < 4.78 is 39.5. The first-order valence-electron chi connectivity index (χ1n) is 16.6. The van der Waals surface area contributed by atoms with E-state index >= 15 is 0 Å². The van der Waals surface area contributed by atoms with Crippen LogP contribution in [0, 0.1) is 5.92 Å². The lowest BCUT2D eigenvalue weighted by atomic mass is 9.94. The lowest BCUT2D eigenvalue weighted by Gasteiger charge is -2.31. The summed E-state index contributed by atoms with van der Waals surface area (Å²) in [6, 6.07) is 19.5. The fraction of sp³-hybridized carbons (Fsp3) is 0.459. The van der Waals surface area contributed by atoms with Crippen molar-refractivity contribution in [3.63, 3.8) is 0 Å². The van der Waals surface area contributed by atoms with E-state index < -0.39 is 28.1 Å². The number of carbonyl (C=O) groups is 2. The van der Waals surface area contributed by atoms with Crippen molar-refractivity contribution in [3.8, 4) is 11.5 Å². The Kier molecular flexibility index (Phi) is 13.0. The van der Waals surface area contributed by atoms with E-state index in [-0.39, 0.29) is 47.8 Å². The maximum absolute atomic E-state index is 13.9. The number of aliphatic hydroxyl groups excluding tert-OH is 1. The SMILES string of the molecule is COc1ccc(S(=O)(=O)N(CC(C)C)C[C@@H](O)[C@H](Cc2ccccc2)NC(=O)c2cc(OC)cc(C(=O)N(C)C3CCCCC3)c2)cc1. The summed E-state index contributed by atoms with van der Waals surface area (Å²) in [5, 5.41) is 14.6. The number of hydrogen-bond acceptors (Lipinski definition) is 7. The van der Waals surface area contributed by atoms with Gasteiger partial charge < -0.3 is 24.8 Å². The van der Waals surface area contributed by atoms with Gasteiger partial charge in [-0.05, 0) is 73.2 Å². The first-order chi connectivity index (χ1) is 22.9. The van der Waals surface area contributed by atoms with E-state index in [1.807, 2.05) is 44.2 Å². The van der Waals surface area contributed by atoms with E-state index in [9.17, 15) is 23.1 Å². The van der Waals surface area contributed by atoms with E-state index in [1.54, 1.807) is 42.3 Å². The van der Waals surface area contributed by atoms with Crippen LogP contribution in [0.1, 0.15) is 72.2 Å². The second-order valence-corrected chi connectivity index (χ2v) is 14.8. The quantitative estimate of drug-likeness (QED) is 0.228. The van der Waals surface area contributed by atoms with Crippen LogP contribution in [0.25, 0.3) is 0 Å². The molecule has 0 spiro atoms. The lowest BCUT2D eigenvalue weighted by molar-refractivity contribution is 0.0695. The molecule has 4 rings (SSSR count). The number of rotatable bonds is 15. The summed E-state index contributed by atoms with van der Waals surface area (Å²) in [5.74, 6) is 0.141. The Balaban J connectivity index is 1.61. The van der Waals surface area contributed by atoms with E-state index in [1.165, 1.54) is 37.1 Å². The summed E-state index contributed by atoms with van der Waals surface area (Å²) >= 11 is 0. The molecule has 0 bridgehead atoms. The van der Waals surface area contributed by atoms with Crippen molar-refractivity contribution in [2.24, 2.45) is 5.92 Å². The molecule has 0 aliphatic heterocycles. The molecular formula is C37H49N3O7S. The zero-order valence-corrected chi connectivity index (χ0v) is 29.4. The Morgan fingerprint density at radius 1 is 0.875 bits per heavy atom. The van der Waals surface area contributed by atoms with Gasteiger partial charge in [0.25, 0.3) is 11.8 Å². The summed E-state index contributed by atoms with van der Waals surface area (Å²) in [7, 11) is 0.783. The van der Waals surface area contributed by atoms with Crippen LogP contribution in [-0.4, -0.2) is 87.1 Å². The summed E-state index contributed by atoms with van der Waals surface area (Å²) in [6.07, 6.45) is 4.18. The van der Waals surface area contributed by atoms with Gasteiger partial charge in [0.15, 0.2) is 0 Å². The van der Waals surface area contributed by atoms with Crippen LogP contribution in [-0.2, 0) is 16.4 Å². The smallest absolute Gasteiger partial charge is 0.254 e. The number of sulfonamides is 1. The molecule has 0 saturated heterocycles. The van der Waals surface area contributed by atoms with Gasteiger partial charge in [0.2, 0.25) is 10.0 Å². The molecule has 2 amide bonds. The second-order valence-electron chi connectivity index (χ2n) is 12.9. The highest BCUT2D eigenvalue weighted by Gasteiger charge is 2.32. The maximum Gasteiger partial charge on any atom is 0.254 e. The minimum atomic E-state index is -4.00. The molecule has 3 aromatic carbocycles. The largest absolute Gasteiger partial charge is 0.497 e. The minimum absolute atomic E-state index is 0.0353. The molecule has 2 atom stereocenters. The molecule has 1 aliphatic rings. The third-order valence-corrected chi connectivity index (χ3v) is 10.7. The molecule has 1 aliphatic carbocycles. The zero-order valence-electron chi connectivity index (χ0n) is 28.6. The Hall–Kier alpha value is -3.93. The molecule has 3 aromatic rings. The summed E-state index contributed by atoms with van der Waals surface area (Å²) in [6.45, 7) is 3.71. The molecule has 0 heterocycles. The number of ether oxygens (including phenoxy) is 2. The standard InChI is InChI=1S/C37H49N3O7S/c1-26(2)24-40(48(44,45)33-18-16-31(46-4)17-19-33)25-35(41)34(20-27-12-8-6-9-13-27)38-36(42)28-21-29(23-32(22-28)47-5)37(43)39(3)30-14-10-7-11-15-30/h6,8-9,12-13,16-19,21-23,26,30,34-35,41H,7,10-11,14-15,20,24-25H2,1-5H3,(H,38,42)/t34-,35+/m0/s1. The number of nitrogens with one attached hydrogen (secondary N) is 1. The summed E-state index contributed by atoms with van der Waals surface area (Å²) in [5.41, 5.74) is 1.39. The highest BCUT2D eigenvalue weighted by molar-refractivity contribution is 7.89. The molecular weight excluding hydrogens is 630 g/mol. The Bertz CT molecular complexity index is 1610. The Morgan fingerprint density at radius 3 is 2.10 bits per heavy atom. The molecule has 1 fully saturated rings. The monoisotopic (exact) mass is 679 g/mol. The number of aliphatic hydroxyl groups is 1. The van der Waals surface area contributed by atoms with Crippen molar-refractivity contribution in [1.29, 1.82) is 0 Å². The average Bonchev–Trinajstić information content (AvgIpc) is 3.10. The Labute approximate surface area is 285 Å². The fourth-order valence-corrected chi connectivity index (χ4v) is 7.74. The zero-order chi connectivity index (χ0) is 34.8. The number of carbonyl (C=O) groups excluding carboxylic acids is 2. The van der Waals surface area contributed by atoms with Gasteiger partial charge in [-0.15, -0.1) is 0 Å². The fourth-order valence-electron chi connectivity index (χ4n) is 6.12. The minimum Gasteiger partial charge on any atom is -0.497 e. The molecule has 0 unspecified atom stereocenters. The van der Waals surface area contributed by atoms with Crippen molar-refractivity contribution >= 4 is 21.8 Å². The molecule has 11 heteroatoms. The lowest BCUT2D eigenvalue weighted by Crippen LogP contribution is -2.51. The van der Waals surface area contributed by atoms with Crippen LogP contribution < -0.4 is 14.8 Å². The van der Waals surface area contributed by atoms with Crippen LogP contribution in [0.15, 0.2) is 77.7 Å². The van der Waals surface area contributed by atoms with Gasteiger partial charge in [0, 0.05) is 37.3 Å². The second kappa shape index (κ2) is 16.9. The predicted octanol–water partition coefficient (Wildman–Crippen LogP) is 5.16. The average molecular weight is 680 g/mol.